The summed E-state index contributed by atoms with van der Waals surface area (Å²) in [6.45, 7) is 2.15. The monoisotopic (exact) mass is 318 g/mol. The summed E-state index contributed by atoms with van der Waals surface area (Å²) < 4.78 is 5.32. The summed E-state index contributed by atoms with van der Waals surface area (Å²) in [6, 6.07) is 6.93. The SMILES string of the molecule is CC(=O)CCCC(=O)Nc1ccc(NC(=O)[C@H]2CCCO2)cc1. The maximum atomic E-state index is 11.9. The number of amides is 2. The van der Waals surface area contributed by atoms with Crippen molar-refractivity contribution in [1.82, 2.24) is 0 Å². The summed E-state index contributed by atoms with van der Waals surface area (Å²) in [5, 5.41) is 5.56. The molecule has 0 aromatic heterocycles. The standard InChI is InChI=1S/C17H22N2O4/c1-12(20)4-2-6-16(21)18-13-7-9-14(10-8-13)19-17(22)15-5-3-11-23-15/h7-10,15H,2-6,11H2,1H3,(H,18,21)(H,19,22)/t15-/m1/s1. The van der Waals surface area contributed by atoms with Gasteiger partial charge < -0.3 is 20.2 Å². The van der Waals surface area contributed by atoms with Crippen molar-refractivity contribution in [2.45, 2.75) is 45.1 Å². The van der Waals surface area contributed by atoms with E-state index in [0.29, 0.717) is 37.2 Å². The molecule has 0 unspecified atom stereocenters. The molecular weight excluding hydrogens is 296 g/mol. The fraction of sp³-hybridized carbons (Fsp3) is 0.471. The van der Waals surface area contributed by atoms with Crippen LogP contribution in [0, 0.1) is 0 Å². The second kappa shape index (κ2) is 8.43. The van der Waals surface area contributed by atoms with Crippen LogP contribution in [0.3, 0.4) is 0 Å². The minimum absolute atomic E-state index is 0.0872. The summed E-state index contributed by atoms with van der Waals surface area (Å²) in [5.74, 6) is -0.171. The normalized spacial score (nSPS) is 16.8. The van der Waals surface area contributed by atoms with E-state index < -0.39 is 0 Å². The number of hydrogen-bond donors (Lipinski definition) is 2. The lowest BCUT2D eigenvalue weighted by molar-refractivity contribution is -0.124. The third-order valence-corrected chi connectivity index (χ3v) is 3.59. The molecule has 1 fully saturated rings. The lowest BCUT2D eigenvalue weighted by Gasteiger charge is -2.11. The number of ether oxygens (including phenoxy) is 1. The largest absolute Gasteiger partial charge is 0.368 e. The third kappa shape index (κ3) is 5.83. The molecule has 2 rings (SSSR count). The minimum Gasteiger partial charge on any atom is -0.368 e. The van der Waals surface area contributed by atoms with Gasteiger partial charge in [0.05, 0.1) is 0 Å². The molecule has 6 nitrogen and oxygen atoms in total. The summed E-state index contributed by atoms with van der Waals surface area (Å²) >= 11 is 0. The van der Waals surface area contributed by atoms with E-state index >= 15 is 0 Å². The van der Waals surface area contributed by atoms with Crippen molar-refractivity contribution >= 4 is 29.0 Å². The smallest absolute Gasteiger partial charge is 0.253 e. The van der Waals surface area contributed by atoms with Gasteiger partial charge in [-0.2, -0.15) is 0 Å². The molecule has 1 aliphatic heterocycles. The predicted molar refractivity (Wildman–Crippen MR) is 87.2 cm³/mol. The van der Waals surface area contributed by atoms with Crippen LogP contribution in [-0.4, -0.2) is 30.3 Å². The second-order valence-electron chi connectivity index (χ2n) is 5.67. The van der Waals surface area contributed by atoms with E-state index in [4.69, 9.17) is 4.74 Å². The van der Waals surface area contributed by atoms with Gasteiger partial charge >= 0.3 is 0 Å². The lowest BCUT2D eigenvalue weighted by Crippen LogP contribution is -2.26. The fourth-order valence-electron chi connectivity index (χ4n) is 2.37. The van der Waals surface area contributed by atoms with Gasteiger partial charge in [-0.05, 0) is 50.5 Å². The van der Waals surface area contributed by atoms with Crippen LogP contribution in [0.5, 0.6) is 0 Å². The molecule has 1 heterocycles. The van der Waals surface area contributed by atoms with E-state index in [2.05, 4.69) is 10.6 Å². The van der Waals surface area contributed by atoms with Crippen molar-refractivity contribution in [2.24, 2.45) is 0 Å². The molecule has 6 heteroatoms. The first kappa shape index (κ1) is 17.1. The van der Waals surface area contributed by atoms with Crippen molar-refractivity contribution in [3.05, 3.63) is 24.3 Å². The average Bonchev–Trinajstić information content (AvgIpc) is 3.03. The van der Waals surface area contributed by atoms with Gasteiger partial charge in [0.15, 0.2) is 0 Å². The molecule has 2 N–H and O–H groups in total. The maximum absolute atomic E-state index is 11.9. The number of nitrogens with one attached hydrogen (secondary N) is 2. The highest BCUT2D eigenvalue weighted by molar-refractivity contribution is 5.95. The van der Waals surface area contributed by atoms with E-state index in [1.54, 1.807) is 24.3 Å². The van der Waals surface area contributed by atoms with E-state index in [-0.39, 0.29) is 23.7 Å². The van der Waals surface area contributed by atoms with Crippen LogP contribution in [0.25, 0.3) is 0 Å². The van der Waals surface area contributed by atoms with Crippen molar-refractivity contribution in [1.29, 1.82) is 0 Å². The average molecular weight is 318 g/mol. The van der Waals surface area contributed by atoms with E-state index in [9.17, 15) is 14.4 Å². The van der Waals surface area contributed by atoms with Gasteiger partial charge in [0.1, 0.15) is 11.9 Å². The molecule has 2 amide bonds. The van der Waals surface area contributed by atoms with Gasteiger partial charge in [-0.3, -0.25) is 9.59 Å². The van der Waals surface area contributed by atoms with Crippen LogP contribution < -0.4 is 10.6 Å². The number of hydrogen-bond acceptors (Lipinski definition) is 4. The zero-order chi connectivity index (χ0) is 16.7. The van der Waals surface area contributed by atoms with E-state index in [0.717, 1.165) is 12.8 Å². The van der Waals surface area contributed by atoms with Crippen LogP contribution in [0.1, 0.15) is 39.0 Å². The van der Waals surface area contributed by atoms with Crippen molar-refractivity contribution in [3.63, 3.8) is 0 Å². The highest BCUT2D eigenvalue weighted by Crippen LogP contribution is 2.17. The Hall–Kier alpha value is -2.21. The molecule has 23 heavy (non-hydrogen) atoms. The van der Waals surface area contributed by atoms with Crippen molar-refractivity contribution in [3.8, 4) is 0 Å². The Morgan fingerprint density at radius 3 is 2.30 bits per heavy atom. The van der Waals surface area contributed by atoms with Crippen LogP contribution in [0.4, 0.5) is 11.4 Å². The summed E-state index contributed by atoms with van der Waals surface area (Å²) in [5.41, 5.74) is 1.33. The number of Topliss-reactive ketones (excluding diaryl/α,β-unsaturated/α-hetero) is 1. The third-order valence-electron chi connectivity index (χ3n) is 3.59. The zero-order valence-electron chi connectivity index (χ0n) is 13.3. The molecule has 0 radical (unpaired) electrons. The Bertz CT molecular complexity index is 562. The predicted octanol–water partition coefficient (Wildman–Crippen LogP) is 2.50. The summed E-state index contributed by atoms with van der Waals surface area (Å²) in [7, 11) is 0. The summed E-state index contributed by atoms with van der Waals surface area (Å²) in [4.78, 5) is 34.5. The molecule has 1 aromatic carbocycles. The molecule has 0 bridgehead atoms. The highest BCUT2D eigenvalue weighted by Gasteiger charge is 2.23. The maximum Gasteiger partial charge on any atom is 0.253 e. The van der Waals surface area contributed by atoms with E-state index in [1.165, 1.54) is 6.92 Å². The van der Waals surface area contributed by atoms with Crippen LogP contribution >= 0.6 is 0 Å². The Balaban J connectivity index is 1.78. The van der Waals surface area contributed by atoms with Gasteiger partial charge in [-0.15, -0.1) is 0 Å². The highest BCUT2D eigenvalue weighted by atomic mass is 16.5. The van der Waals surface area contributed by atoms with Gasteiger partial charge in [-0.1, -0.05) is 0 Å². The van der Waals surface area contributed by atoms with Gasteiger partial charge in [0.25, 0.3) is 5.91 Å². The minimum atomic E-state index is -0.365. The van der Waals surface area contributed by atoms with Crippen LogP contribution in [0.15, 0.2) is 24.3 Å². The number of ketones is 1. The van der Waals surface area contributed by atoms with Gasteiger partial charge in [-0.25, -0.2) is 0 Å². The molecule has 124 valence electrons. The Kier molecular flexibility index (Phi) is 6.29. The Morgan fingerprint density at radius 2 is 1.74 bits per heavy atom. The van der Waals surface area contributed by atoms with Crippen molar-refractivity contribution in [2.75, 3.05) is 17.2 Å². The zero-order valence-corrected chi connectivity index (χ0v) is 13.3. The van der Waals surface area contributed by atoms with Crippen LogP contribution in [0.2, 0.25) is 0 Å². The van der Waals surface area contributed by atoms with Gasteiger partial charge in [0, 0.05) is 30.8 Å². The first-order chi connectivity index (χ1) is 11.0. The topological polar surface area (TPSA) is 84.5 Å². The first-order valence-corrected chi connectivity index (χ1v) is 7.86. The molecule has 0 saturated carbocycles. The molecule has 1 atom stereocenters. The molecule has 0 spiro atoms. The Morgan fingerprint density at radius 1 is 1.09 bits per heavy atom. The van der Waals surface area contributed by atoms with Crippen molar-refractivity contribution < 1.29 is 19.1 Å². The molecule has 1 saturated heterocycles. The van der Waals surface area contributed by atoms with Crippen LogP contribution in [-0.2, 0) is 19.1 Å². The number of rotatable bonds is 7. The number of carbonyl (C=O) groups is 3. The second-order valence-corrected chi connectivity index (χ2v) is 5.67. The molecule has 1 aliphatic rings. The molecule has 1 aromatic rings. The lowest BCUT2D eigenvalue weighted by atomic mass is 10.2. The summed E-state index contributed by atoms with van der Waals surface area (Å²) in [6.07, 6.45) is 2.58. The molecule has 0 aliphatic carbocycles. The van der Waals surface area contributed by atoms with E-state index in [1.807, 2.05) is 0 Å². The first-order valence-electron chi connectivity index (χ1n) is 7.86. The Labute approximate surface area is 135 Å². The van der Waals surface area contributed by atoms with Gasteiger partial charge in [0.2, 0.25) is 5.91 Å². The molecular formula is C17H22N2O4. The quantitative estimate of drug-likeness (QED) is 0.809. The number of benzene rings is 1. The number of anilines is 2. The fourth-order valence-corrected chi connectivity index (χ4v) is 2.37. The number of carbonyl (C=O) groups excluding carboxylic acids is 3.